The molecule has 1 amide bonds. The number of nitrogens with one attached hydrogen (secondary N) is 1. The Morgan fingerprint density at radius 3 is 2.68 bits per heavy atom. The highest BCUT2D eigenvalue weighted by Crippen LogP contribution is 2.21. The van der Waals surface area contributed by atoms with Gasteiger partial charge < -0.3 is 9.84 Å². The first-order valence-corrected chi connectivity index (χ1v) is 9.34. The minimum absolute atomic E-state index is 0.00598. The normalized spacial score (nSPS) is 15.6. The van der Waals surface area contributed by atoms with E-state index in [1.54, 1.807) is 29.8 Å². The van der Waals surface area contributed by atoms with Crippen molar-refractivity contribution >= 4 is 11.7 Å². The summed E-state index contributed by atoms with van der Waals surface area (Å²) in [6, 6.07) is 9.93. The minimum atomic E-state index is -0.262. The summed E-state index contributed by atoms with van der Waals surface area (Å²) >= 11 is 0. The molecule has 1 aromatic carbocycles. The van der Waals surface area contributed by atoms with Crippen molar-refractivity contribution in [3.8, 4) is 5.69 Å². The van der Waals surface area contributed by atoms with Gasteiger partial charge in [0.15, 0.2) is 5.82 Å². The Hall–Kier alpha value is -3.00. The molecular weight excluding hydrogens is 361 g/mol. The summed E-state index contributed by atoms with van der Waals surface area (Å²) in [5.41, 5.74) is 1.77. The third-order valence-corrected chi connectivity index (χ3v) is 4.96. The number of anilines is 1. The molecule has 3 heterocycles. The van der Waals surface area contributed by atoms with Gasteiger partial charge >= 0.3 is 0 Å². The number of aromatic nitrogens is 3. The Balaban J connectivity index is 1.28. The Kier molecular flexibility index (Phi) is 5.21. The second-order valence-electron chi connectivity index (χ2n) is 7.09. The predicted molar refractivity (Wildman–Crippen MR) is 101 cm³/mol. The van der Waals surface area contributed by atoms with Crippen molar-refractivity contribution in [3.05, 3.63) is 59.9 Å². The van der Waals surface area contributed by atoms with Gasteiger partial charge in [0.05, 0.1) is 11.4 Å². The van der Waals surface area contributed by atoms with Crippen LogP contribution in [0.15, 0.2) is 47.1 Å². The van der Waals surface area contributed by atoms with Crippen LogP contribution in [0.2, 0.25) is 0 Å². The average Bonchev–Trinajstić information content (AvgIpc) is 3.32. The number of benzene rings is 1. The summed E-state index contributed by atoms with van der Waals surface area (Å²) < 4.78 is 19.8. The van der Waals surface area contributed by atoms with E-state index >= 15 is 0 Å². The first kappa shape index (κ1) is 18.4. The van der Waals surface area contributed by atoms with E-state index < -0.39 is 0 Å². The quantitative estimate of drug-likeness (QED) is 0.732. The number of nitrogens with zero attached hydrogens (tertiary/aromatic N) is 4. The number of piperidine rings is 1. The van der Waals surface area contributed by atoms with Crippen LogP contribution in [0, 0.1) is 18.7 Å². The van der Waals surface area contributed by atoms with Crippen molar-refractivity contribution in [2.45, 2.75) is 26.3 Å². The van der Waals surface area contributed by atoms with Gasteiger partial charge in [0, 0.05) is 24.7 Å². The molecular formula is C20H22FN5O2. The number of halogens is 1. The van der Waals surface area contributed by atoms with E-state index in [0.717, 1.165) is 43.9 Å². The van der Waals surface area contributed by atoms with Gasteiger partial charge in [-0.15, -0.1) is 0 Å². The van der Waals surface area contributed by atoms with Crippen molar-refractivity contribution in [1.29, 1.82) is 0 Å². The van der Waals surface area contributed by atoms with Crippen LogP contribution in [0.4, 0.5) is 10.2 Å². The second-order valence-corrected chi connectivity index (χ2v) is 7.09. The zero-order valence-corrected chi connectivity index (χ0v) is 15.6. The molecule has 0 radical (unpaired) electrons. The van der Waals surface area contributed by atoms with Crippen LogP contribution < -0.4 is 5.32 Å². The highest BCUT2D eigenvalue weighted by molar-refractivity contribution is 5.91. The first-order chi connectivity index (χ1) is 13.6. The molecule has 0 spiro atoms. The van der Waals surface area contributed by atoms with E-state index in [9.17, 15) is 9.18 Å². The van der Waals surface area contributed by atoms with Gasteiger partial charge in [0.2, 0.25) is 5.91 Å². The highest BCUT2D eigenvalue weighted by atomic mass is 19.1. The van der Waals surface area contributed by atoms with Gasteiger partial charge in [-0.3, -0.25) is 9.69 Å². The molecule has 1 aliphatic rings. The van der Waals surface area contributed by atoms with Crippen LogP contribution in [0.3, 0.4) is 0 Å². The summed E-state index contributed by atoms with van der Waals surface area (Å²) in [5, 5.41) is 11.2. The Morgan fingerprint density at radius 1 is 1.25 bits per heavy atom. The summed E-state index contributed by atoms with van der Waals surface area (Å²) in [4.78, 5) is 14.7. The summed E-state index contributed by atoms with van der Waals surface area (Å²) in [7, 11) is 0. The highest BCUT2D eigenvalue weighted by Gasteiger charge is 2.26. The lowest BCUT2D eigenvalue weighted by Gasteiger charge is -2.30. The molecule has 0 atom stereocenters. The van der Waals surface area contributed by atoms with Crippen LogP contribution >= 0.6 is 0 Å². The van der Waals surface area contributed by atoms with E-state index in [1.165, 1.54) is 12.1 Å². The van der Waals surface area contributed by atoms with Crippen LogP contribution in [0.5, 0.6) is 0 Å². The number of aryl methyl sites for hydroxylation is 1. The zero-order valence-electron chi connectivity index (χ0n) is 15.6. The van der Waals surface area contributed by atoms with Crippen LogP contribution in [0.1, 0.15) is 24.3 Å². The lowest BCUT2D eigenvalue weighted by Crippen LogP contribution is -2.37. The molecule has 1 fully saturated rings. The number of hydrogen-bond donors (Lipinski definition) is 1. The number of rotatable bonds is 5. The molecule has 7 nitrogen and oxygen atoms in total. The molecule has 0 aliphatic carbocycles. The molecule has 1 N–H and O–H groups in total. The van der Waals surface area contributed by atoms with E-state index in [-0.39, 0.29) is 17.6 Å². The van der Waals surface area contributed by atoms with Crippen LogP contribution in [0.25, 0.3) is 5.69 Å². The fraction of sp³-hybridized carbons (Fsp3) is 0.350. The van der Waals surface area contributed by atoms with Gasteiger partial charge in [0.25, 0.3) is 0 Å². The van der Waals surface area contributed by atoms with Gasteiger partial charge in [-0.2, -0.15) is 5.10 Å². The minimum Gasteiger partial charge on any atom is -0.360 e. The Labute approximate surface area is 162 Å². The smallest absolute Gasteiger partial charge is 0.228 e. The average molecular weight is 383 g/mol. The molecule has 146 valence electrons. The summed E-state index contributed by atoms with van der Waals surface area (Å²) in [6.07, 6.45) is 3.46. The molecule has 8 heteroatoms. The van der Waals surface area contributed by atoms with Gasteiger partial charge in [-0.1, -0.05) is 5.16 Å². The maximum absolute atomic E-state index is 13.1. The Bertz CT molecular complexity index is 942. The SMILES string of the molecule is Cc1cc(NC(=O)C2CCN(Cc3ccn(-c4ccc(F)cc4)n3)CC2)no1. The zero-order chi connectivity index (χ0) is 19.5. The predicted octanol–water partition coefficient (Wildman–Crippen LogP) is 3.16. The van der Waals surface area contributed by atoms with Gasteiger partial charge in [0.1, 0.15) is 11.6 Å². The lowest BCUT2D eigenvalue weighted by molar-refractivity contribution is -0.121. The lowest BCUT2D eigenvalue weighted by atomic mass is 9.96. The first-order valence-electron chi connectivity index (χ1n) is 9.34. The van der Waals surface area contributed by atoms with Crippen molar-refractivity contribution in [2.75, 3.05) is 18.4 Å². The van der Waals surface area contributed by atoms with E-state index in [2.05, 4.69) is 20.5 Å². The van der Waals surface area contributed by atoms with Crippen molar-refractivity contribution in [1.82, 2.24) is 19.8 Å². The van der Waals surface area contributed by atoms with Crippen LogP contribution in [-0.2, 0) is 11.3 Å². The fourth-order valence-electron chi connectivity index (χ4n) is 3.42. The third-order valence-electron chi connectivity index (χ3n) is 4.96. The molecule has 2 aromatic heterocycles. The van der Waals surface area contributed by atoms with Crippen molar-refractivity contribution < 1.29 is 13.7 Å². The second kappa shape index (κ2) is 7.93. The number of carbonyl (C=O) groups excluding carboxylic acids is 1. The molecule has 0 saturated carbocycles. The topological polar surface area (TPSA) is 76.2 Å². The van der Waals surface area contributed by atoms with Crippen molar-refractivity contribution in [3.63, 3.8) is 0 Å². The van der Waals surface area contributed by atoms with E-state index in [0.29, 0.717) is 11.6 Å². The summed E-state index contributed by atoms with van der Waals surface area (Å²) in [6.45, 7) is 4.18. The molecule has 28 heavy (non-hydrogen) atoms. The van der Waals surface area contributed by atoms with E-state index in [1.807, 2.05) is 12.3 Å². The van der Waals surface area contributed by atoms with Crippen LogP contribution in [-0.4, -0.2) is 38.8 Å². The maximum atomic E-state index is 13.1. The van der Waals surface area contributed by atoms with Gasteiger partial charge in [-0.05, 0) is 63.2 Å². The molecule has 4 rings (SSSR count). The number of likely N-dealkylation sites (tertiary alicyclic amines) is 1. The third kappa shape index (κ3) is 4.28. The molecule has 3 aromatic rings. The number of hydrogen-bond acceptors (Lipinski definition) is 5. The Morgan fingerprint density at radius 2 is 2.00 bits per heavy atom. The monoisotopic (exact) mass is 383 g/mol. The van der Waals surface area contributed by atoms with Crippen molar-refractivity contribution in [2.24, 2.45) is 5.92 Å². The van der Waals surface area contributed by atoms with E-state index in [4.69, 9.17) is 4.52 Å². The molecule has 0 unspecified atom stereocenters. The molecule has 1 aliphatic heterocycles. The number of amides is 1. The molecule has 1 saturated heterocycles. The maximum Gasteiger partial charge on any atom is 0.228 e. The summed E-state index contributed by atoms with van der Waals surface area (Å²) in [5.74, 6) is 0.849. The largest absolute Gasteiger partial charge is 0.360 e. The molecule has 0 bridgehead atoms. The number of carbonyl (C=O) groups is 1. The van der Waals surface area contributed by atoms with Gasteiger partial charge in [-0.25, -0.2) is 9.07 Å². The fourth-order valence-corrected chi connectivity index (χ4v) is 3.42. The standard InChI is InChI=1S/C20H22FN5O2/c1-14-12-19(24-28-14)22-20(27)15-6-9-25(10-7-15)13-17-8-11-26(23-17)18-4-2-16(21)3-5-18/h2-5,8,11-12,15H,6-7,9-10,13H2,1H3,(H,22,24,27).